The molecule has 1 aromatic carbocycles. The van der Waals surface area contributed by atoms with Crippen LogP contribution in [0.4, 0.5) is 10.1 Å². The smallest absolute Gasteiger partial charge is 0.161 e. The van der Waals surface area contributed by atoms with Crippen LogP contribution >= 0.6 is 28.1 Å². The van der Waals surface area contributed by atoms with Crippen LogP contribution in [0, 0.1) is 5.82 Å². The molecule has 0 amide bonds. The van der Waals surface area contributed by atoms with Crippen LogP contribution in [-0.4, -0.2) is 36.1 Å². The van der Waals surface area contributed by atoms with E-state index in [2.05, 4.69) is 33.2 Å². The van der Waals surface area contributed by atoms with Crippen LogP contribution < -0.4 is 11.1 Å². The van der Waals surface area contributed by atoms with E-state index in [1.54, 1.807) is 12.1 Å². The van der Waals surface area contributed by atoms with Crippen molar-refractivity contribution in [2.24, 2.45) is 5.73 Å². The first kappa shape index (κ1) is 14.7. The van der Waals surface area contributed by atoms with Gasteiger partial charge in [0.05, 0.1) is 10.2 Å². The third-order valence-electron chi connectivity index (χ3n) is 3.55. The Labute approximate surface area is 126 Å². The number of nitrogens with zero attached hydrogens (tertiary/aromatic N) is 1. The summed E-state index contributed by atoms with van der Waals surface area (Å²) in [7, 11) is 2.10. The number of anilines is 1. The van der Waals surface area contributed by atoms with Gasteiger partial charge < -0.3 is 16.0 Å². The highest BCUT2D eigenvalue weighted by Crippen LogP contribution is 2.27. The Morgan fingerprint density at radius 2 is 2.37 bits per heavy atom. The Morgan fingerprint density at radius 3 is 2.95 bits per heavy atom. The maximum absolute atomic E-state index is 14.2. The normalized spacial score (nSPS) is 19.6. The van der Waals surface area contributed by atoms with Crippen LogP contribution in [0.1, 0.15) is 18.4 Å². The predicted molar refractivity (Wildman–Crippen MR) is 84.1 cm³/mol. The Kier molecular flexibility index (Phi) is 4.76. The molecule has 1 aliphatic rings. The van der Waals surface area contributed by atoms with Gasteiger partial charge in [-0.05, 0) is 54.5 Å². The highest BCUT2D eigenvalue weighted by molar-refractivity contribution is 9.10. The lowest BCUT2D eigenvalue weighted by atomic mass is 10.1. The Morgan fingerprint density at radius 1 is 1.63 bits per heavy atom. The summed E-state index contributed by atoms with van der Waals surface area (Å²) in [5.74, 6) is -0.342. The molecule has 19 heavy (non-hydrogen) atoms. The fourth-order valence-corrected chi connectivity index (χ4v) is 3.20. The summed E-state index contributed by atoms with van der Waals surface area (Å²) in [6.07, 6.45) is 2.35. The molecule has 1 heterocycles. The molecule has 3 nitrogen and oxygen atoms in total. The molecule has 1 saturated heterocycles. The third-order valence-corrected chi connectivity index (χ3v) is 4.54. The first-order valence-corrected chi connectivity index (χ1v) is 7.42. The van der Waals surface area contributed by atoms with Gasteiger partial charge in [0.25, 0.3) is 0 Å². The van der Waals surface area contributed by atoms with Gasteiger partial charge in [-0.3, -0.25) is 0 Å². The summed E-state index contributed by atoms with van der Waals surface area (Å²) in [5.41, 5.74) is 6.54. The van der Waals surface area contributed by atoms with Crippen LogP contribution in [0.15, 0.2) is 16.6 Å². The molecule has 0 spiro atoms. The van der Waals surface area contributed by atoms with E-state index in [4.69, 9.17) is 18.0 Å². The molecule has 6 heteroatoms. The van der Waals surface area contributed by atoms with Crippen molar-refractivity contribution in [1.82, 2.24) is 4.90 Å². The maximum Gasteiger partial charge on any atom is 0.161 e. The minimum atomic E-state index is -0.342. The number of likely N-dealkylation sites (N-methyl/N-ethyl adjacent to an activating group) is 1. The van der Waals surface area contributed by atoms with Crippen molar-refractivity contribution in [1.29, 1.82) is 0 Å². The van der Waals surface area contributed by atoms with Gasteiger partial charge in [0.1, 0.15) is 4.99 Å². The van der Waals surface area contributed by atoms with Crippen molar-refractivity contribution in [2.75, 3.05) is 25.5 Å². The molecule has 0 bridgehead atoms. The number of hydrogen-bond acceptors (Lipinski definition) is 3. The molecule has 1 fully saturated rings. The van der Waals surface area contributed by atoms with E-state index in [-0.39, 0.29) is 10.8 Å². The average Bonchev–Trinajstić information content (AvgIpc) is 2.76. The highest BCUT2D eigenvalue weighted by Gasteiger charge is 2.21. The number of rotatable bonds is 4. The minimum Gasteiger partial charge on any atom is -0.389 e. The number of halogens is 2. The molecule has 2 rings (SSSR count). The van der Waals surface area contributed by atoms with Gasteiger partial charge in [-0.2, -0.15) is 0 Å². The van der Waals surface area contributed by atoms with Crippen molar-refractivity contribution < 1.29 is 4.39 Å². The summed E-state index contributed by atoms with van der Waals surface area (Å²) in [6, 6.07) is 3.88. The summed E-state index contributed by atoms with van der Waals surface area (Å²) in [4.78, 5) is 2.48. The molecular weight excluding hydrogens is 329 g/mol. The fourth-order valence-electron chi connectivity index (χ4n) is 2.34. The lowest BCUT2D eigenvalue weighted by Gasteiger charge is -2.21. The van der Waals surface area contributed by atoms with E-state index in [0.29, 0.717) is 21.8 Å². The zero-order valence-corrected chi connectivity index (χ0v) is 13.2. The molecule has 1 unspecified atom stereocenters. The molecule has 1 aromatic rings. The molecule has 104 valence electrons. The van der Waals surface area contributed by atoms with E-state index >= 15 is 0 Å². The Hall–Kier alpha value is -0.720. The summed E-state index contributed by atoms with van der Waals surface area (Å²) < 4.78 is 14.5. The van der Waals surface area contributed by atoms with E-state index in [9.17, 15) is 4.39 Å². The second kappa shape index (κ2) is 6.15. The predicted octanol–water partition coefficient (Wildman–Crippen LogP) is 2.73. The lowest BCUT2D eigenvalue weighted by Crippen LogP contribution is -2.31. The van der Waals surface area contributed by atoms with E-state index in [1.165, 1.54) is 6.42 Å². The fraction of sp³-hybridized carbons (Fsp3) is 0.462. The number of likely N-dealkylation sites (tertiary alicyclic amines) is 1. The van der Waals surface area contributed by atoms with E-state index in [0.717, 1.165) is 19.5 Å². The second-order valence-electron chi connectivity index (χ2n) is 4.81. The molecular formula is C13H17BrFN3S. The summed E-state index contributed by atoms with van der Waals surface area (Å²) in [6.45, 7) is 1.85. The number of thiocarbonyl (C=S) groups is 1. The van der Waals surface area contributed by atoms with Crippen LogP contribution in [-0.2, 0) is 0 Å². The lowest BCUT2D eigenvalue weighted by molar-refractivity contribution is 0.322. The number of benzene rings is 1. The van der Waals surface area contributed by atoms with Crippen molar-refractivity contribution in [3.05, 3.63) is 28.0 Å². The average molecular weight is 346 g/mol. The molecule has 1 atom stereocenters. The monoisotopic (exact) mass is 345 g/mol. The van der Waals surface area contributed by atoms with Gasteiger partial charge in [-0.25, -0.2) is 4.39 Å². The molecule has 1 aliphatic heterocycles. The Balaban J connectivity index is 2.09. The Bertz CT molecular complexity index is 495. The van der Waals surface area contributed by atoms with Gasteiger partial charge in [0.2, 0.25) is 0 Å². The number of hydrogen-bond donors (Lipinski definition) is 2. The molecule has 0 saturated carbocycles. The van der Waals surface area contributed by atoms with Gasteiger partial charge in [-0.15, -0.1) is 0 Å². The minimum absolute atomic E-state index is 0.188. The van der Waals surface area contributed by atoms with E-state index < -0.39 is 0 Å². The highest BCUT2D eigenvalue weighted by atomic mass is 79.9. The first-order valence-electron chi connectivity index (χ1n) is 6.22. The topological polar surface area (TPSA) is 41.3 Å². The zero-order valence-electron chi connectivity index (χ0n) is 10.7. The molecule has 0 aromatic heterocycles. The van der Waals surface area contributed by atoms with Gasteiger partial charge in [0.15, 0.2) is 5.82 Å². The van der Waals surface area contributed by atoms with Crippen molar-refractivity contribution in [2.45, 2.75) is 18.9 Å². The van der Waals surface area contributed by atoms with Crippen LogP contribution in [0.5, 0.6) is 0 Å². The number of nitrogens with two attached hydrogens (primary N) is 1. The summed E-state index contributed by atoms with van der Waals surface area (Å²) >= 11 is 8.08. The van der Waals surface area contributed by atoms with Crippen LogP contribution in [0.3, 0.4) is 0 Å². The second-order valence-corrected chi connectivity index (χ2v) is 6.04. The molecule has 3 N–H and O–H groups in total. The molecule has 0 radical (unpaired) electrons. The van der Waals surface area contributed by atoms with Gasteiger partial charge in [-0.1, -0.05) is 12.2 Å². The summed E-state index contributed by atoms with van der Waals surface area (Å²) in [5, 5.41) is 3.16. The largest absolute Gasteiger partial charge is 0.389 e. The standard InChI is InChI=1S/C13H17BrFN3S/c1-18-6-2-3-8(18)7-17-10-5-4-9(13(16)19)11(14)12(10)15/h4-5,8,17H,2-3,6-7H2,1H3,(H2,16,19). The van der Waals surface area contributed by atoms with E-state index in [1.807, 2.05) is 0 Å². The zero-order chi connectivity index (χ0) is 14.0. The molecule has 0 aliphatic carbocycles. The quantitative estimate of drug-likeness (QED) is 0.823. The first-order chi connectivity index (χ1) is 9.00. The third kappa shape index (κ3) is 3.24. The maximum atomic E-state index is 14.2. The van der Waals surface area contributed by atoms with Crippen molar-refractivity contribution in [3.63, 3.8) is 0 Å². The van der Waals surface area contributed by atoms with Crippen molar-refractivity contribution >= 4 is 38.8 Å². The van der Waals surface area contributed by atoms with Crippen LogP contribution in [0.2, 0.25) is 0 Å². The van der Waals surface area contributed by atoms with Crippen molar-refractivity contribution in [3.8, 4) is 0 Å². The number of nitrogens with one attached hydrogen (secondary N) is 1. The SMILES string of the molecule is CN1CCCC1CNc1ccc(C(N)=S)c(Br)c1F. The van der Waals surface area contributed by atoms with Crippen LogP contribution in [0.25, 0.3) is 0 Å². The van der Waals surface area contributed by atoms with Gasteiger partial charge in [0, 0.05) is 18.2 Å². The van der Waals surface area contributed by atoms with Gasteiger partial charge >= 0.3 is 0 Å².